The highest BCUT2D eigenvalue weighted by molar-refractivity contribution is 6.10. The molecule has 15 heteroatoms. The van der Waals surface area contributed by atoms with Crippen molar-refractivity contribution in [2.45, 2.75) is 31.6 Å². The van der Waals surface area contributed by atoms with Crippen LogP contribution in [-0.2, 0) is 25.4 Å². The number of carbonyl (C=O) groups excluding carboxylic acids is 4. The average molecular weight is 658 g/mol. The van der Waals surface area contributed by atoms with Gasteiger partial charge in [-0.1, -0.05) is 12.6 Å². The van der Waals surface area contributed by atoms with Crippen LogP contribution in [0.5, 0.6) is 0 Å². The number of pyridine rings is 1. The van der Waals surface area contributed by atoms with E-state index >= 15 is 4.39 Å². The standard InChI is InChI=1S/C32H35F4N7O4/c1-4-26(44)40-10-8-39-9-11-41(17-22(39)16-40)28(46)18-42-15-20-13-27(45)43(25-14-21(32(34,35)36)12-19(2)37-25)29(20)31(47)38(3)24-7-5-6-23(33)30(24)42/h4-7,12,14,20,22,29H,1,8-11,13,15-18H2,2-3H3/t20-,22?,29+/m1/s1. The number of aryl methyl sites for hydroxylation is 1. The zero-order chi connectivity index (χ0) is 33.8. The lowest BCUT2D eigenvalue weighted by Gasteiger charge is -2.47. The van der Waals surface area contributed by atoms with Gasteiger partial charge in [0.2, 0.25) is 23.6 Å². The lowest BCUT2D eigenvalue weighted by molar-refractivity contribution is -0.138. The molecule has 0 N–H and O–H groups in total. The summed E-state index contributed by atoms with van der Waals surface area (Å²) in [4.78, 5) is 67.1. The number of fused-ring (bicyclic) bond motifs is 3. The molecule has 2 aromatic rings. The van der Waals surface area contributed by atoms with Gasteiger partial charge in [-0.3, -0.25) is 29.0 Å². The number of hydrogen-bond donors (Lipinski definition) is 0. The maximum atomic E-state index is 15.6. The number of benzene rings is 1. The van der Waals surface area contributed by atoms with E-state index < -0.39 is 41.3 Å². The van der Waals surface area contributed by atoms with Gasteiger partial charge in [-0.15, -0.1) is 0 Å². The van der Waals surface area contributed by atoms with Gasteiger partial charge >= 0.3 is 6.18 Å². The van der Waals surface area contributed by atoms with Gasteiger partial charge in [-0.05, 0) is 37.3 Å². The lowest BCUT2D eigenvalue weighted by Crippen LogP contribution is -2.64. The Hall–Kier alpha value is -4.53. The second-order valence-electron chi connectivity index (χ2n) is 12.4. The predicted octanol–water partition coefficient (Wildman–Crippen LogP) is 2.29. The lowest BCUT2D eigenvalue weighted by atomic mass is 9.95. The first kappa shape index (κ1) is 32.4. The number of anilines is 3. The van der Waals surface area contributed by atoms with E-state index in [0.29, 0.717) is 39.3 Å². The van der Waals surface area contributed by atoms with Crippen LogP contribution in [0.1, 0.15) is 17.7 Å². The van der Waals surface area contributed by atoms with Crippen LogP contribution in [0.2, 0.25) is 0 Å². The number of para-hydroxylation sites is 1. The number of nitrogens with zero attached hydrogens (tertiary/aromatic N) is 7. The van der Waals surface area contributed by atoms with E-state index in [9.17, 15) is 32.3 Å². The van der Waals surface area contributed by atoms with Crippen LogP contribution in [0.25, 0.3) is 0 Å². The van der Waals surface area contributed by atoms with Gasteiger partial charge in [-0.25, -0.2) is 9.37 Å². The molecule has 3 saturated heterocycles. The number of carbonyl (C=O) groups is 4. The molecule has 1 aromatic heterocycles. The Morgan fingerprint density at radius 2 is 1.74 bits per heavy atom. The van der Waals surface area contributed by atoms with Gasteiger partial charge in [0.15, 0.2) is 0 Å². The number of hydrogen-bond acceptors (Lipinski definition) is 7. The third-order valence-electron chi connectivity index (χ3n) is 9.48. The number of halogens is 4. The number of piperazine rings is 2. The largest absolute Gasteiger partial charge is 0.416 e. The van der Waals surface area contributed by atoms with Crippen molar-refractivity contribution in [1.82, 2.24) is 19.7 Å². The fourth-order valence-electron chi connectivity index (χ4n) is 7.18. The maximum Gasteiger partial charge on any atom is 0.416 e. The Morgan fingerprint density at radius 3 is 2.45 bits per heavy atom. The fraction of sp³-hybridized carbons (Fsp3) is 0.469. The molecule has 1 aromatic carbocycles. The fourth-order valence-corrected chi connectivity index (χ4v) is 7.18. The van der Waals surface area contributed by atoms with E-state index in [-0.39, 0.29) is 60.3 Å². The smallest absolute Gasteiger partial charge is 0.358 e. The van der Waals surface area contributed by atoms with Gasteiger partial charge < -0.3 is 19.6 Å². The van der Waals surface area contributed by atoms with E-state index in [4.69, 9.17) is 0 Å². The molecule has 250 valence electrons. The first-order valence-electron chi connectivity index (χ1n) is 15.4. The summed E-state index contributed by atoms with van der Waals surface area (Å²) in [7, 11) is 1.41. The Bertz CT molecular complexity index is 1630. The normalized spacial score (nSPS) is 23.6. The number of rotatable bonds is 4. The van der Waals surface area contributed by atoms with Crippen molar-refractivity contribution < 1.29 is 36.7 Å². The van der Waals surface area contributed by atoms with Crippen molar-refractivity contribution in [2.75, 3.05) is 74.1 Å². The highest BCUT2D eigenvalue weighted by Gasteiger charge is 2.50. The molecule has 3 atom stereocenters. The summed E-state index contributed by atoms with van der Waals surface area (Å²) >= 11 is 0. The van der Waals surface area contributed by atoms with Gasteiger partial charge in [0, 0.05) is 76.9 Å². The molecule has 4 aliphatic heterocycles. The summed E-state index contributed by atoms with van der Waals surface area (Å²) in [5.74, 6) is -3.43. The molecule has 4 amide bonds. The molecule has 0 aliphatic carbocycles. The zero-order valence-corrected chi connectivity index (χ0v) is 26.0. The summed E-state index contributed by atoms with van der Waals surface area (Å²) in [5, 5.41) is 0. The molecule has 6 rings (SSSR count). The summed E-state index contributed by atoms with van der Waals surface area (Å²) in [6.45, 7) is 7.65. The molecule has 0 bridgehead atoms. The molecule has 3 fully saturated rings. The molecular weight excluding hydrogens is 622 g/mol. The van der Waals surface area contributed by atoms with Gasteiger partial charge in [-0.2, -0.15) is 13.2 Å². The monoisotopic (exact) mass is 657 g/mol. The molecule has 5 heterocycles. The van der Waals surface area contributed by atoms with Crippen molar-refractivity contribution in [3.8, 4) is 0 Å². The summed E-state index contributed by atoms with van der Waals surface area (Å²) in [5.41, 5.74) is -0.803. The Morgan fingerprint density at radius 1 is 1.04 bits per heavy atom. The van der Waals surface area contributed by atoms with Crippen LogP contribution in [0.4, 0.5) is 34.8 Å². The van der Waals surface area contributed by atoms with Crippen molar-refractivity contribution in [2.24, 2.45) is 5.92 Å². The zero-order valence-electron chi connectivity index (χ0n) is 26.0. The number of alkyl halides is 3. The number of amides is 4. The topological polar surface area (TPSA) is 101 Å². The first-order chi connectivity index (χ1) is 22.3. The van der Waals surface area contributed by atoms with Gasteiger partial charge in [0.25, 0.3) is 0 Å². The molecule has 47 heavy (non-hydrogen) atoms. The molecule has 11 nitrogen and oxygen atoms in total. The van der Waals surface area contributed by atoms with E-state index in [2.05, 4.69) is 16.5 Å². The van der Waals surface area contributed by atoms with Crippen LogP contribution in [0.15, 0.2) is 43.0 Å². The van der Waals surface area contributed by atoms with Crippen LogP contribution in [0.3, 0.4) is 0 Å². The third-order valence-corrected chi connectivity index (χ3v) is 9.48. The second-order valence-corrected chi connectivity index (χ2v) is 12.4. The van der Waals surface area contributed by atoms with Gasteiger partial charge in [0.1, 0.15) is 17.7 Å². The SMILES string of the molecule is C=CC(=O)N1CCN2CCN(C(=O)CN3C[C@H]4CC(=O)N(c5cc(C(F)(F)F)cc(C)n5)[C@@H]4C(=O)N(C)c4cccc(F)c43)CC2C1. The van der Waals surface area contributed by atoms with Crippen LogP contribution < -0.4 is 14.7 Å². The van der Waals surface area contributed by atoms with Crippen molar-refractivity contribution in [1.29, 1.82) is 0 Å². The minimum Gasteiger partial charge on any atom is -0.358 e. The Labute approximate surface area is 269 Å². The quantitative estimate of drug-likeness (QED) is 0.368. The van der Waals surface area contributed by atoms with E-state index in [1.807, 2.05) is 0 Å². The average Bonchev–Trinajstić information content (AvgIpc) is 3.36. The third kappa shape index (κ3) is 6.03. The van der Waals surface area contributed by atoms with Crippen LogP contribution in [-0.4, -0.2) is 115 Å². The second kappa shape index (κ2) is 12.2. The Balaban J connectivity index is 1.31. The molecular formula is C32H35F4N7O4. The number of likely N-dealkylation sites (N-methyl/N-ethyl adjacent to an activating group) is 1. The Kier molecular flexibility index (Phi) is 8.45. The highest BCUT2D eigenvalue weighted by atomic mass is 19.4. The molecule has 1 unspecified atom stereocenters. The summed E-state index contributed by atoms with van der Waals surface area (Å²) < 4.78 is 56.7. The molecule has 4 aliphatic rings. The predicted molar refractivity (Wildman–Crippen MR) is 164 cm³/mol. The summed E-state index contributed by atoms with van der Waals surface area (Å²) in [6, 6.07) is 4.46. The van der Waals surface area contributed by atoms with Crippen LogP contribution >= 0.6 is 0 Å². The van der Waals surface area contributed by atoms with Crippen LogP contribution in [0, 0.1) is 18.7 Å². The minimum atomic E-state index is -4.71. The van der Waals surface area contributed by atoms with Crippen molar-refractivity contribution in [3.05, 3.63) is 60.1 Å². The van der Waals surface area contributed by atoms with Crippen molar-refractivity contribution >= 4 is 40.8 Å². The molecule has 0 saturated carbocycles. The van der Waals surface area contributed by atoms with E-state index in [0.717, 1.165) is 17.0 Å². The van der Waals surface area contributed by atoms with E-state index in [1.54, 1.807) is 9.80 Å². The van der Waals surface area contributed by atoms with E-state index in [1.165, 1.54) is 48.0 Å². The van der Waals surface area contributed by atoms with Crippen molar-refractivity contribution in [3.63, 3.8) is 0 Å². The van der Waals surface area contributed by atoms with Gasteiger partial charge in [0.05, 0.1) is 23.5 Å². The maximum absolute atomic E-state index is 15.6. The minimum absolute atomic E-state index is 0.0207. The summed E-state index contributed by atoms with van der Waals surface area (Å²) in [6.07, 6.45) is -3.66. The molecule has 0 radical (unpaired) electrons. The highest BCUT2D eigenvalue weighted by Crippen LogP contribution is 2.41. The first-order valence-corrected chi connectivity index (χ1v) is 15.4. The molecule has 0 spiro atoms. The number of aromatic nitrogens is 1.